The van der Waals surface area contributed by atoms with Crippen LogP contribution in [0, 0.1) is 5.82 Å². The number of amides is 2. The van der Waals surface area contributed by atoms with Crippen LogP contribution in [0.5, 0.6) is 0 Å². The maximum Gasteiger partial charge on any atom is 0.320 e. The number of nitrogens with one attached hydrogen (secondary N) is 1. The summed E-state index contributed by atoms with van der Waals surface area (Å²) in [5, 5.41) is 0. The summed E-state index contributed by atoms with van der Waals surface area (Å²) < 4.78 is 13.4. The Morgan fingerprint density at radius 1 is 1.17 bits per heavy atom. The number of rotatable bonds is 1. The van der Waals surface area contributed by atoms with E-state index in [9.17, 15) is 9.18 Å². The first-order valence-corrected chi connectivity index (χ1v) is 8.43. The summed E-state index contributed by atoms with van der Waals surface area (Å²) in [6.07, 6.45) is 5.20. The van der Waals surface area contributed by atoms with Crippen LogP contribution in [-0.2, 0) is 0 Å². The number of hydrogen-bond acceptors (Lipinski definition) is 2. The molecule has 0 aliphatic carbocycles. The number of aromatic amines is 1. The lowest BCUT2D eigenvalue weighted by atomic mass is 10.0. The van der Waals surface area contributed by atoms with Crippen LogP contribution in [0.25, 0.3) is 11.0 Å². The number of aromatic nitrogens is 2. The summed E-state index contributed by atoms with van der Waals surface area (Å²) in [6.45, 7) is 2.48. The van der Waals surface area contributed by atoms with Gasteiger partial charge in [0.2, 0.25) is 0 Å². The van der Waals surface area contributed by atoms with Gasteiger partial charge in [-0.25, -0.2) is 14.2 Å². The Morgan fingerprint density at radius 2 is 1.96 bits per heavy atom. The van der Waals surface area contributed by atoms with Gasteiger partial charge in [-0.1, -0.05) is 0 Å². The molecule has 0 spiro atoms. The van der Waals surface area contributed by atoms with Crippen LogP contribution in [0.15, 0.2) is 18.2 Å². The molecule has 0 bridgehead atoms. The Labute approximate surface area is 134 Å². The molecule has 2 aliphatic heterocycles. The first kappa shape index (κ1) is 14.5. The highest BCUT2D eigenvalue weighted by Gasteiger charge is 2.33. The minimum absolute atomic E-state index is 0.0349. The van der Waals surface area contributed by atoms with Crippen molar-refractivity contribution in [1.82, 2.24) is 19.8 Å². The number of hydrogen-bond donors (Lipinski definition) is 1. The van der Waals surface area contributed by atoms with E-state index in [1.54, 1.807) is 6.07 Å². The largest absolute Gasteiger partial charge is 0.340 e. The molecule has 2 aliphatic rings. The zero-order chi connectivity index (χ0) is 15.8. The van der Waals surface area contributed by atoms with Gasteiger partial charge in [0, 0.05) is 19.6 Å². The number of H-pyrrole nitrogens is 1. The lowest BCUT2D eigenvalue weighted by Crippen LogP contribution is -2.46. The zero-order valence-electron chi connectivity index (χ0n) is 13.1. The molecule has 2 amide bonds. The average Bonchev–Trinajstić information content (AvgIpc) is 3.23. The molecule has 2 fully saturated rings. The number of fused-ring (bicyclic) bond motifs is 1. The number of imidazole rings is 1. The number of halogens is 1. The molecular formula is C17H21FN4O. The van der Waals surface area contributed by atoms with Crippen LogP contribution < -0.4 is 0 Å². The quantitative estimate of drug-likeness (QED) is 0.876. The number of likely N-dealkylation sites (tertiary alicyclic amines) is 2. The van der Waals surface area contributed by atoms with Crippen LogP contribution in [-0.4, -0.2) is 45.4 Å². The Morgan fingerprint density at radius 3 is 2.78 bits per heavy atom. The highest BCUT2D eigenvalue weighted by molar-refractivity contribution is 5.77. The number of piperidine rings is 1. The Balaban J connectivity index is 1.64. The van der Waals surface area contributed by atoms with Crippen LogP contribution in [0.4, 0.5) is 9.18 Å². The highest BCUT2D eigenvalue weighted by Crippen LogP contribution is 2.32. The average molecular weight is 316 g/mol. The standard InChI is InChI=1S/C17H21FN4O/c18-12-6-7-13-14(11-12)20-16(19-13)15-5-1-2-10-22(15)17(23)21-8-3-4-9-21/h6-7,11,15H,1-5,8-10H2,(H,19,20). The van der Waals surface area contributed by atoms with Gasteiger partial charge in [-0.3, -0.25) is 0 Å². The molecule has 0 radical (unpaired) electrons. The van der Waals surface area contributed by atoms with Gasteiger partial charge in [-0.2, -0.15) is 0 Å². The van der Waals surface area contributed by atoms with E-state index in [2.05, 4.69) is 9.97 Å². The van der Waals surface area contributed by atoms with Crippen molar-refractivity contribution in [3.05, 3.63) is 29.8 Å². The Kier molecular flexibility index (Phi) is 3.67. The SMILES string of the molecule is O=C(N1CCCC1)N1CCCCC1c1nc2ccc(F)cc2[nH]1. The fraction of sp³-hybridized carbons (Fsp3) is 0.529. The summed E-state index contributed by atoms with van der Waals surface area (Å²) in [4.78, 5) is 24.5. The van der Waals surface area contributed by atoms with E-state index in [-0.39, 0.29) is 17.9 Å². The molecule has 1 N–H and O–H groups in total. The van der Waals surface area contributed by atoms with E-state index < -0.39 is 0 Å². The third-order valence-corrected chi connectivity index (χ3v) is 4.90. The highest BCUT2D eigenvalue weighted by atomic mass is 19.1. The number of nitrogens with zero attached hydrogens (tertiary/aromatic N) is 3. The Bertz CT molecular complexity index is 722. The molecular weight excluding hydrogens is 295 g/mol. The number of carbonyl (C=O) groups is 1. The molecule has 122 valence electrons. The van der Waals surface area contributed by atoms with E-state index in [0.29, 0.717) is 5.52 Å². The molecule has 2 aromatic rings. The molecule has 0 saturated carbocycles. The first-order valence-electron chi connectivity index (χ1n) is 8.43. The predicted molar refractivity (Wildman–Crippen MR) is 85.6 cm³/mol. The van der Waals surface area contributed by atoms with E-state index >= 15 is 0 Å². The number of urea groups is 1. The van der Waals surface area contributed by atoms with Crippen LogP contribution in [0.2, 0.25) is 0 Å². The number of benzene rings is 1. The lowest BCUT2D eigenvalue weighted by Gasteiger charge is -2.37. The van der Waals surface area contributed by atoms with Crippen LogP contribution in [0.1, 0.15) is 44.0 Å². The van der Waals surface area contributed by atoms with Gasteiger partial charge in [-0.05, 0) is 50.3 Å². The maximum atomic E-state index is 13.4. The first-order chi connectivity index (χ1) is 11.2. The molecule has 1 aromatic heterocycles. The normalized spacial score (nSPS) is 22.0. The maximum absolute atomic E-state index is 13.4. The Hall–Kier alpha value is -2.11. The van der Waals surface area contributed by atoms with E-state index in [1.807, 2.05) is 9.80 Å². The van der Waals surface area contributed by atoms with Gasteiger partial charge in [-0.15, -0.1) is 0 Å². The molecule has 4 rings (SSSR count). The van der Waals surface area contributed by atoms with E-state index in [1.165, 1.54) is 12.1 Å². The van der Waals surface area contributed by atoms with E-state index in [0.717, 1.165) is 63.1 Å². The van der Waals surface area contributed by atoms with Crippen LogP contribution >= 0.6 is 0 Å². The monoisotopic (exact) mass is 316 g/mol. The molecule has 2 saturated heterocycles. The smallest absolute Gasteiger partial charge is 0.320 e. The number of carbonyl (C=O) groups excluding carboxylic acids is 1. The third kappa shape index (κ3) is 2.66. The molecule has 3 heterocycles. The summed E-state index contributed by atoms with van der Waals surface area (Å²) in [7, 11) is 0. The minimum Gasteiger partial charge on any atom is -0.340 e. The third-order valence-electron chi connectivity index (χ3n) is 4.90. The van der Waals surface area contributed by atoms with Gasteiger partial charge >= 0.3 is 6.03 Å². The topological polar surface area (TPSA) is 52.2 Å². The summed E-state index contributed by atoms with van der Waals surface area (Å²) in [5.41, 5.74) is 1.44. The predicted octanol–water partition coefficient (Wildman–Crippen LogP) is 3.44. The molecule has 5 nitrogen and oxygen atoms in total. The van der Waals surface area contributed by atoms with Crippen LogP contribution in [0.3, 0.4) is 0 Å². The van der Waals surface area contributed by atoms with Gasteiger partial charge < -0.3 is 14.8 Å². The van der Waals surface area contributed by atoms with Gasteiger partial charge in [0.25, 0.3) is 0 Å². The molecule has 1 unspecified atom stereocenters. The molecule has 6 heteroatoms. The molecule has 23 heavy (non-hydrogen) atoms. The molecule has 1 aromatic carbocycles. The van der Waals surface area contributed by atoms with Gasteiger partial charge in [0.1, 0.15) is 11.6 Å². The van der Waals surface area contributed by atoms with Crippen molar-refractivity contribution in [3.8, 4) is 0 Å². The lowest BCUT2D eigenvalue weighted by molar-refractivity contribution is 0.119. The van der Waals surface area contributed by atoms with Crippen molar-refractivity contribution in [3.63, 3.8) is 0 Å². The molecule has 1 atom stereocenters. The van der Waals surface area contributed by atoms with Crippen molar-refractivity contribution in [2.75, 3.05) is 19.6 Å². The summed E-state index contributed by atoms with van der Waals surface area (Å²) in [6, 6.07) is 4.65. The second-order valence-corrected chi connectivity index (χ2v) is 6.47. The summed E-state index contributed by atoms with van der Waals surface area (Å²) in [5.74, 6) is 0.499. The van der Waals surface area contributed by atoms with Crippen molar-refractivity contribution in [2.45, 2.75) is 38.1 Å². The summed E-state index contributed by atoms with van der Waals surface area (Å²) >= 11 is 0. The second kappa shape index (κ2) is 5.83. The van der Waals surface area contributed by atoms with Crippen molar-refractivity contribution >= 4 is 17.1 Å². The minimum atomic E-state index is -0.277. The van der Waals surface area contributed by atoms with Crippen molar-refractivity contribution in [1.29, 1.82) is 0 Å². The van der Waals surface area contributed by atoms with Gasteiger partial charge in [0.15, 0.2) is 0 Å². The fourth-order valence-electron chi connectivity index (χ4n) is 3.69. The van der Waals surface area contributed by atoms with Gasteiger partial charge in [0.05, 0.1) is 17.1 Å². The fourth-order valence-corrected chi connectivity index (χ4v) is 3.69. The van der Waals surface area contributed by atoms with E-state index in [4.69, 9.17) is 0 Å². The zero-order valence-corrected chi connectivity index (χ0v) is 13.1. The second-order valence-electron chi connectivity index (χ2n) is 6.47. The van der Waals surface area contributed by atoms with Crippen molar-refractivity contribution < 1.29 is 9.18 Å². The van der Waals surface area contributed by atoms with Crippen molar-refractivity contribution in [2.24, 2.45) is 0 Å².